The first-order valence-corrected chi connectivity index (χ1v) is 7.69. The summed E-state index contributed by atoms with van der Waals surface area (Å²) in [6.45, 7) is 2.71. The van der Waals surface area contributed by atoms with E-state index in [9.17, 15) is 18.4 Å². The molecule has 0 saturated carbocycles. The van der Waals surface area contributed by atoms with Crippen molar-refractivity contribution in [2.45, 2.75) is 19.8 Å². The summed E-state index contributed by atoms with van der Waals surface area (Å²) < 4.78 is 26.5. The Morgan fingerprint density at radius 2 is 2.14 bits per heavy atom. The number of halogens is 2. The summed E-state index contributed by atoms with van der Waals surface area (Å²) >= 11 is 1.16. The first-order valence-electron chi connectivity index (χ1n) is 6.87. The van der Waals surface area contributed by atoms with Gasteiger partial charge in [-0.05, 0) is 18.6 Å². The third-order valence-electron chi connectivity index (χ3n) is 3.11. The van der Waals surface area contributed by atoms with Gasteiger partial charge in [-0.2, -0.15) is 0 Å². The van der Waals surface area contributed by atoms with E-state index in [1.54, 1.807) is 11.1 Å². The number of hydrogen-bond donors (Lipinski definition) is 0. The SMILES string of the molecule is CCCCN1C=C(C=O)SC1=CC(=O)c1ccc(F)cc1F. The molecule has 3 nitrogen and oxygen atoms in total. The second-order valence-electron chi connectivity index (χ2n) is 4.77. The van der Waals surface area contributed by atoms with Crippen molar-refractivity contribution in [3.63, 3.8) is 0 Å². The highest BCUT2D eigenvalue weighted by Gasteiger charge is 2.21. The van der Waals surface area contributed by atoms with Crippen LogP contribution in [0.2, 0.25) is 0 Å². The minimum absolute atomic E-state index is 0.190. The van der Waals surface area contributed by atoms with Gasteiger partial charge < -0.3 is 4.90 Å². The number of thioether (sulfide) groups is 1. The van der Waals surface area contributed by atoms with Crippen LogP contribution in [-0.4, -0.2) is 23.5 Å². The van der Waals surface area contributed by atoms with Crippen molar-refractivity contribution in [2.24, 2.45) is 0 Å². The predicted molar refractivity (Wildman–Crippen MR) is 82.1 cm³/mol. The third-order valence-corrected chi connectivity index (χ3v) is 4.11. The molecule has 0 unspecified atom stereocenters. The number of hydrogen-bond acceptors (Lipinski definition) is 4. The molecular weight excluding hydrogens is 308 g/mol. The van der Waals surface area contributed by atoms with Crippen molar-refractivity contribution < 1.29 is 18.4 Å². The first-order chi connectivity index (χ1) is 10.5. The average molecular weight is 323 g/mol. The van der Waals surface area contributed by atoms with Crippen LogP contribution in [0.4, 0.5) is 8.78 Å². The smallest absolute Gasteiger partial charge is 0.191 e. The number of allylic oxidation sites excluding steroid dienone is 2. The molecule has 0 atom stereocenters. The maximum atomic E-state index is 13.6. The zero-order valence-corrected chi connectivity index (χ0v) is 12.8. The lowest BCUT2D eigenvalue weighted by atomic mass is 10.1. The number of aldehydes is 1. The van der Waals surface area contributed by atoms with Crippen LogP contribution in [0.3, 0.4) is 0 Å². The van der Waals surface area contributed by atoms with E-state index in [0.717, 1.165) is 36.7 Å². The van der Waals surface area contributed by atoms with Crippen LogP contribution in [0, 0.1) is 11.6 Å². The van der Waals surface area contributed by atoms with Gasteiger partial charge in [0.2, 0.25) is 0 Å². The average Bonchev–Trinajstić information content (AvgIpc) is 2.87. The van der Waals surface area contributed by atoms with Gasteiger partial charge in [0.05, 0.1) is 15.5 Å². The van der Waals surface area contributed by atoms with Crippen LogP contribution in [0.15, 0.2) is 40.4 Å². The van der Waals surface area contributed by atoms with Crippen molar-refractivity contribution in [2.75, 3.05) is 6.54 Å². The lowest BCUT2D eigenvalue weighted by Gasteiger charge is -2.16. The lowest BCUT2D eigenvalue weighted by Crippen LogP contribution is -2.14. The van der Waals surface area contributed by atoms with Gasteiger partial charge in [0.1, 0.15) is 11.6 Å². The molecule has 0 aliphatic carbocycles. The molecule has 0 bridgehead atoms. The molecule has 0 aromatic heterocycles. The number of nitrogens with zero attached hydrogens (tertiary/aromatic N) is 1. The quantitative estimate of drug-likeness (QED) is 0.452. The fourth-order valence-electron chi connectivity index (χ4n) is 1.97. The van der Waals surface area contributed by atoms with E-state index >= 15 is 0 Å². The molecule has 116 valence electrons. The van der Waals surface area contributed by atoms with Gasteiger partial charge >= 0.3 is 0 Å². The number of rotatable bonds is 6. The minimum atomic E-state index is -0.895. The first kappa shape index (κ1) is 16.4. The fraction of sp³-hybridized carbons (Fsp3) is 0.250. The molecule has 6 heteroatoms. The molecule has 1 aliphatic rings. The topological polar surface area (TPSA) is 37.4 Å². The van der Waals surface area contributed by atoms with Crippen molar-refractivity contribution in [3.8, 4) is 0 Å². The largest absolute Gasteiger partial charge is 0.341 e. The molecule has 1 aromatic carbocycles. The summed E-state index contributed by atoms with van der Waals surface area (Å²) in [5.74, 6) is -2.18. The third kappa shape index (κ3) is 3.82. The summed E-state index contributed by atoms with van der Waals surface area (Å²) in [6.07, 6.45) is 5.55. The normalized spacial score (nSPS) is 16.0. The fourth-order valence-corrected chi connectivity index (χ4v) is 2.87. The van der Waals surface area contributed by atoms with Gasteiger partial charge in [0.15, 0.2) is 12.1 Å². The Morgan fingerprint density at radius 1 is 1.36 bits per heavy atom. The second kappa shape index (κ2) is 7.35. The summed E-state index contributed by atoms with van der Waals surface area (Å²) in [4.78, 5) is 25.3. The molecule has 0 saturated heterocycles. The maximum Gasteiger partial charge on any atom is 0.191 e. The molecule has 1 aliphatic heterocycles. The van der Waals surface area contributed by atoms with Crippen LogP contribution < -0.4 is 0 Å². The van der Waals surface area contributed by atoms with Gasteiger partial charge in [-0.15, -0.1) is 0 Å². The summed E-state index contributed by atoms with van der Waals surface area (Å²) in [6, 6.07) is 2.84. The maximum absolute atomic E-state index is 13.6. The number of benzene rings is 1. The molecule has 0 radical (unpaired) electrons. The Kier molecular flexibility index (Phi) is 5.49. The molecular formula is C16H15F2NO2S. The van der Waals surface area contributed by atoms with Gasteiger partial charge in [0.25, 0.3) is 0 Å². The standard InChI is InChI=1S/C16H15F2NO2S/c1-2-3-6-19-9-12(10-20)22-16(19)8-15(21)13-5-4-11(17)7-14(13)18/h4-5,7-10H,2-3,6H2,1H3. The van der Waals surface area contributed by atoms with Crippen LogP contribution in [0.1, 0.15) is 30.1 Å². The zero-order valence-electron chi connectivity index (χ0n) is 12.0. The molecule has 0 amide bonds. The zero-order chi connectivity index (χ0) is 16.1. The second-order valence-corrected chi connectivity index (χ2v) is 5.86. The highest BCUT2D eigenvalue weighted by atomic mass is 32.2. The summed E-state index contributed by atoms with van der Waals surface area (Å²) in [7, 11) is 0. The van der Waals surface area contributed by atoms with E-state index in [-0.39, 0.29) is 5.56 Å². The minimum Gasteiger partial charge on any atom is -0.341 e. The Balaban J connectivity index is 2.22. The van der Waals surface area contributed by atoms with Gasteiger partial charge in [-0.25, -0.2) is 8.78 Å². The Morgan fingerprint density at radius 3 is 2.77 bits per heavy atom. The summed E-state index contributed by atoms with van der Waals surface area (Å²) in [5, 5.41) is 0.573. The molecule has 2 rings (SSSR count). The van der Waals surface area contributed by atoms with Gasteiger partial charge in [0, 0.05) is 24.9 Å². The van der Waals surface area contributed by atoms with E-state index in [1.807, 2.05) is 6.92 Å². The van der Waals surface area contributed by atoms with E-state index < -0.39 is 17.4 Å². The van der Waals surface area contributed by atoms with E-state index in [1.165, 1.54) is 6.08 Å². The van der Waals surface area contributed by atoms with Crippen LogP contribution >= 0.6 is 11.8 Å². The van der Waals surface area contributed by atoms with Crippen molar-refractivity contribution in [1.82, 2.24) is 4.90 Å². The van der Waals surface area contributed by atoms with Crippen molar-refractivity contribution in [3.05, 3.63) is 57.6 Å². The van der Waals surface area contributed by atoms with E-state index in [0.29, 0.717) is 28.8 Å². The van der Waals surface area contributed by atoms with Crippen LogP contribution in [-0.2, 0) is 4.79 Å². The van der Waals surface area contributed by atoms with Gasteiger partial charge in [-0.1, -0.05) is 25.1 Å². The number of carbonyl (C=O) groups is 2. The number of carbonyl (C=O) groups excluding carboxylic acids is 2. The van der Waals surface area contributed by atoms with E-state index in [4.69, 9.17) is 0 Å². The molecule has 0 spiro atoms. The van der Waals surface area contributed by atoms with Gasteiger partial charge in [-0.3, -0.25) is 9.59 Å². The highest BCUT2D eigenvalue weighted by molar-refractivity contribution is 8.07. The highest BCUT2D eigenvalue weighted by Crippen LogP contribution is 2.35. The predicted octanol–water partition coefficient (Wildman–Crippen LogP) is 3.88. The van der Waals surface area contributed by atoms with Crippen molar-refractivity contribution in [1.29, 1.82) is 0 Å². The molecule has 1 heterocycles. The Hall–Kier alpha value is -1.95. The lowest BCUT2D eigenvalue weighted by molar-refractivity contribution is -0.104. The van der Waals surface area contributed by atoms with E-state index in [2.05, 4.69) is 0 Å². The molecule has 1 aromatic rings. The Labute approximate surface area is 131 Å². The Bertz CT molecular complexity index is 656. The molecule has 0 fully saturated rings. The molecule has 22 heavy (non-hydrogen) atoms. The monoisotopic (exact) mass is 323 g/mol. The molecule has 0 N–H and O–H groups in total. The number of unbranched alkanes of at least 4 members (excludes halogenated alkanes) is 1. The van der Waals surface area contributed by atoms with Crippen molar-refractivity contribution >= 4 is 23.8 Å². The summed E-state index contributed by atoms with van der Waals surface area (Å²) in [5.41, 5.74) is -0.190. The number of ketones is 1. The van der Waals surface area contributed by atoms with Crippen LogP contribution in [0.25, 0.3) is 0 Å². The van der Waals surface area contributed by atoms with Crippen LogP contribution in [0.5, 0.6) is 0 Å².